The highest BCUT2D eigenvalue weighted by Gasteiger charge is 2.37. The first-order valence-corrected chi connectivity index (χ1v) is 11.5. The topological polar surface area (TPSA) is 109 Å². The molecule has 0 radical (unpaired) electrons. The fourth-order valence-corrected chi connectivity index (χ4v) is 4.17. The van der Waals surface area contributed by atoms with Gasteiger partial charge in [-0.15, -0.1) is 0 Å². The van der Waals surface area contributed by atoms with Gasteiger partial charge < -0.3 is 14.8 Å². The molecule has 2 aromatic carbocycles. The van der Waals surface area contributed by atoms with E-state index in [-0.39, 0.29) is 43.2 Å². The SMILES string of the molecule is CC1=C(C(=O)OCc2ccccc2)C(c2ccc(Cl)cc2Cl)NC(=O)N1CCCC(=O)OCC#N. The number of hydrogen-bond acceptors (Lipinski definition) is 6. The van der Waals surface area contributed by atoms with Gasteiger partial charge in [-0.05, 0) is 36.6 Å². The first kappa shape index (κ1) is 26.1. The van der Waals surface area contributed by atoms with Crippen molar-refractivity contribution in [2.75, 3.05) is 13.2 Å². The summed E-state index contributed by atoms with van der Waals surface area (Å²) >= 11 is 12.4. The number of urea groups is 1. The van der Waals surface area contributed by atoms with Crippen LogP contribution in [0.2, 0.25) is 10.0 Å². The van der Waals surface area contributed by atoms with Crippen LogP contribution in [0.5, 0.6) is 0 Å². The second-order valence-corrected chi connectivity index (χ2v) is 8.53. The van der Waals surface area contributed by atoms with Crippen molar-refractivity contribution >= 4 is 41.2 Å². The lowest BCUT2D eigenvalue weighted by Crippen LogP contribution is -2.48. The van der Waals surface area contributed by atoms with Crippen molar-refractivity contribution < 1.29 is 23.9 Å². The van der Waals surface area contributed by atoms with Crippen molar-refractivity contribution in [1.29, 1.82) is 5.26 Å². The molecule has 35 heavy (non-hydrogen) atoms. The maximum Gasteiger partial charge on any atom is 0.338 e. The van der Waals surface area contributed by atoms with Crippen molar-refractivity contribution in [3.63, 3.8) is 0 Å². The van der Waals surface area contributed by atoms with E-state index >= 15 is 0 Å². The van der Waals surface area contributed by atoms with Crippen molar-refractivity contribution in [1.82, 2.24) is 10.2 Å². The molecule has 1 atom stereocenters. The summed E-state index contributed by atoms with van der Waals surface area (Å²) < 4.78 is 10.3. The van der Waals surface area contributed by atoms with Gasteiger partial charge >= 0.3 is 18.0 Å². The van der Waals surface area contributed by atoms with Gasteiger partial charge in [-0.3, -0.25) is 9.69 Å². The van der Waals surface area contributed by atoms with Gasteiger partial charge in [-0.1, -0.05) is 59.6 Å². The molecule has 1 unspecified atom stereocenters. The largest absolute Gasteiger partial charge is 0.457 e. The number of ether oxygens (including phenoxy) is 2. The molecule has 182 valence electrons. The molecule has 3 rings (SSSR count). The first-order valence-electron chi connectivity index (χ1n) is 10.8. The number of esters is 2. The predicted octanol–water partition coefficient (Wildman–Crippen LogP) is 4.92. The molecule has 0 saturated carbocycles. The summed E-state index contributed by atoms with van der Waals surface area (Å²) in [5.74, 6) is -1.15. The Morgan fingerprint density at radius 2 is 1.89 bits per heavy atom. The number of rotatable bonds is 9. The molecule has 0 spiro atoms. The van der Waals surface area contributed by atoms with Gasteiger partial charge in [0.25, 0.3) is 0 Å². The summed E-state index contributed by atoms with van der Waals surface area (Å²) in [7, 11) is 0. The molecule has 0 aliphatic carbocycles. The van der Waals surface area contributed by atoms with Crippen LogP contribution in [-0.4, -0.2) is 36.0 Å². The van der Waals surface area contributed by atoms with Crippen LogP contribution < -0.4 is 5.32 Å². The molecular weight excluding hydrogens is 493 g/mol. The van der Waals surface area contributed by atoms with Crippen molar-refractivity contribution in [2.45, 2.75) is 32.4 Å². The minimum Gasteiger partial charge on any atom is -0.457 e. The Hall–Kier alpha value is -3.54. The average molecular weight is 516 g/mol. The number of benzene rings is 2. The lowest BCUT2D eigenvalue weighted by atomic mass is 9.94. The predicted molar refractivity (Wildman–Crippen MR) is 129 cm³/mol. The number of carbonyl (C=O) groups is 3. The summed E-state index contributed by atoms with van der Waals surface area (Å²) in [6, 6.07) is 14.4. The zero-order valence-electron chi connectivity index (χ0n) is 18.9. The normalized spacial score (nSPS) is 15.3. The third kappa shape index (κ3) is 6.75. The van der Waals surface area contributed by atoms with Gasteiger partial charge in [0.2, 0.25) is 0 Å². The lowest BCUT2D eigenvalue weighted by Gasteiger charge is -2.35. The number of allylic oxidation sites excluding steroid dienone is 1. The number of halogens is 2. The van der Waals surface area contributed by atoms with Gasteiger partial charge in [0.05, 0.1) is 11.6 Å². The maximum absolute atomic E-state index is 13.3. The molecule has 1 N–H and O–H groups in total. The maximum atomic E-state index is 13.3. The van der Waals surface area contributed by atoms with E-state index in [9.17, 15) is 14.4 Å². The average Bonchev–Trinajstić information content (AvgIpc) is 2.83. The highest BCUT2D eigenvalue weighted by atomic mass is 35.5. The molecule has 0 aromatic heterocycles. The Morgan fingerprint density at radius 3 is 2.57 bits per heavy atom. The van der Waals surface area contributed by atoms with Crippen LogP contribution >= 0.6 is 23.2 Å². The van der Waals surface area contributed by atoms with Gasteiger partial charge in [0.1, 0.15) is 12.7 Å². The number of nitriles is 1. The molecule has 0 fully saturated rings. The fraction of sp³-hybridized carbons (Fsp3) is 0.280. The van der Waals surface area contributed by atoms with E-state index < -0.39 is 24.0 Å². The van der Waals surface area contributed by atoms with Gasteiger partial charge in [0, 0.05) is 28.7 Å². The van der Waals surface area contributed by atoms with E-state index in [4.69, 9.17) is 37.9 Å². The summed E-state index contributed by atoms with van der Waals surface area (Å²) in [6.07, 6.45) is 0.284. The number of hydrogen-bond donors (Lipinski definition) is 1. The number of nitrogens with one attached hydrogen (secondary N) is 1. The van der Waals surface area contributed by atoms with E-state index in [1.807, 2.05) is 30.3 Å². The zero-order chi connectivity index (χ0) is 25.4. The smallest absolute Gasteiger partial charge is 0.338 e. The first-order chi connectivity index (χ1) is 16.8. The van der Waals surface area contributed by atoms with E-state index in [1.54, 1.807) is 25.1 Å². The van der Waals surface area contributed by atoms with Crippen LogP contribution in [0.4, 0.5) is 4.79 Å². The molecule has 1 heterocycles. The molecule has 10 heteroatoms. The fourth-order valence-electron chi connectivity index (χ4n) is 3.65. The number of nitrogens with zero attached hydrogens (tertiary/aromatic N) is 2. The molecule has 2 amide bonds. The van der Waals surface area contributed by atoms with Gasteiger partial charge in [-0.2, -0.15) is 5.26 Å². The van der Waals surface area contributed by atoms with Crippen LogP contribution in [0, 0.1) is 11.3 Å². The van der Waals surface area contributed by atoms with E-state index in [0.29, 0.717) is 16.3 Å². The molecule has 0 bridgehead atoms. The molecule has 2 aromatic rings. The van der Waals surface area contributed by atoms with Crippen LogP contribution in [0.3, 0.4) is 0 Å². The second kappa shape index (κ2) is 12.2. The quantitative estimate of drug-likeness (QED) is 0.474. The molecule has 1 aliphatic heterocycles. The van der Waals surface area contributed by atoms with Crippen LogP contribution in [0.15, 0.2) is 59.8 Å². The Bertz CT molecular complexity index is 1180. The lowest BCUT2D eigenvalue weighted by molar-refractivity contribution is -0.143. The van der Waals surface area contributed by atoms with E-state index in [0.717, 1.165) is 5.56 Å². The van der Waals surface area contributed by atoms with Crippen LogP contribution in [0.25, 0.3) is 0 Å². The highest BCUT2D eigenvalue weighted by Crippen LogP contribution is 2.36. The standard InChI is InChI=1S/C25H23Cl2N3O5/c1-16-22(24(32)35-15-17-6-3-2-4-7-17)23(19-10-9-18(26)14-20(19)27)29-25(33)30(16)12-5-8-21(31)34-13-11-28/h2-4,6-7,9-10,14,23H,5,8,12-13,15H2,1H3,(H,29,33). The summed E-state index contributed by atoms with van der Waals surface area (Å²) in [5.41, 5.74) is 1.91. The Labute approximate surface area is 213 Å². The zero-order valence-corrected chi connectivity index (χ0v) is 20.4. The van der Waals surface area contributed by atoms with Gasteiger partial charge in [-0.25, -0.2) is 9.59 Å². The highest BCUT2D eigenvalue weighted by molar-refractivity contribution is 6.35. The molecular formula is C25H23Cl2N3O5. The third-order valence-corrected chi connectivity index (χ3v) is 5.93. The van der Waals surface area contributed by atoms with Crippen molar-refractivity contribution in [3.8, 4) is 6.07 Å². The Kier molecular flexibility index (Phi) is 9.12. The molecule has 8 nitrogen and oxygen atoms in total. The Balaban J connectivity index is 1.87. The van der Waals surface area contributed by atoms with Crippen LogP contribution in [0.1, 0.15) is 36.9 Å². The van der Waals surface area contributed by atoms with Gasteiger partial charge in [0.15, 0.2) is 6.61 Å². The Morgan fingerprint density at radius 1 is 1.14 bits per heavy atom. The number of amides is 2. The summed E-state index contributed by atoms with van der Waals surface area (Å²) in [4.78, 5) is 39.3. The summed E-state index contributed by atoms with van der Waals surface area (Å²) in [5, 5.41) is 12.0. The molecule has 0 saturated heterocycles. The van der Waals surface area contributed by atoms with Crippen LogP contribution in [-0.2, 0) is 25.7 Å². The van der Waals surface area contributed by atoms with Crippen molar-refractivity contribution in [2.24, 2.45) is 0 Å². The third-order valence-electron chi connectivity index (χ3n) is 5.36. The minimum absolute atomic E-state index is 0.0129. The second-order valence-electron chi connectivity index (χ2n) is 7.68. The monoisotopic (exact) mass is 515 g/mol. The van der Waals surface area contributed by atoms with E-state index in [2.05, 4.69) is 5.32 Å². The number of carbonyl (C=O) groups excluding carboxylic acids is 3. The molecule has 1 aliphatic rings. The summed E-state index contributed by atoms with van der Waals surface area (Å²) in [6.45, 7) is 1.51. The van der Waals surface area contributed by atoms with Crippen molar-refractivity contribution in [3.05, 3.63) is 81.0 Å². The van der Waals surface area contributed by atoms with E-state index in [1.165, 1.54) is 11.0 Å². The minimum atomic E-state index is -0.854.